The van der Waals surface area contributed by atoms with Gasteiger partial charge in [-0.1, -0.05) is 241 Å². The Kier molecular flexibility index (Phi) is 11.7. The zero-order chi connectivity index (χ0) is 54.4. The number of fused-ring (bicyclic) bond motifs is 10. The maximum Gasteiger partial charge on any atom is 0.247 e. The molecule has 0 bridgehead atoms. The van der Waals surface area contributed by atoms with E-state index in [-0.39, 0.29) is 24.3 Å². The van der Waals surface area contributed by atoms with Crippen molar-refractivity contribution in [3.8, 4) is 33.6 Å². The van der Waals surface area contributed by atoms with Gasteiger partial charge >= 0.3 is 0 Å². The van der Waals surface area contributed by atoms with E-state index >= 15 is 0 Å². The van der Waals surface area contributed by atoms with E-state index in [0.29, 0.717) is 23.7 Å². The summed E-state index contributed by atoms with van der Waals surface area (Å²) in [5.74, 6) is 1.28. The van der Waals surface area contributed by atoms with Crippen molar-refractivity contribution >= 4 is 89.8 Å². The van der Waals surface area contributed by atoms with E-state index < -0.39 is 0 Å². The van der Waals surface area contributed by atoms with Gasteiger partial charge in [0.25, 0.3) is 0 Å². The van der Waals surface area contributed by atoms with Crippen LogP contribution in [0.25, 0.3) is 77.2 Å². The first kappa shape index (κ1) is 50.2. The molecule has 0 spiro atoms. The first-order valence-electron chi connectivity index (χ1n) is 29.1. The summed E-state index contributed by atoms with van der Waals surface area (Å²) in [6, 6.07) is 67.3. The molecule has 2 aliphatic rings. The molecule has 11 aromatic rings. The van der Waals surface area contributed by atoms with Gasteiger partial charge in [0.15, 0.2) is 0 Å². The first-order valence-corrected chi connectivity index (χ1v) is 29.1. The zero-order valence-electron chi connectivity index (χ0n) is 48.5. The van der Waals surface area contributed by atoms with Crippen molar-refractivity contribution in [3.05, 3.63) is 203 Å². The molecule has 4 heteroatoms. The second-order valence-electron chi connectivity index (χ2n) is 26.4. The van der Waals surface area contributed by atoms with Crippen molar-refractivity contribution in [1.82, 2.24) is 9.13 Å². The van der Waals surface area contributed by atoms with Gasteiger partial charge in [-0.25, -0.2) is 0 Å². The maximum atomic E-state index is 2.69. The average Bonchev–Trinajstić information content (AvgIpc) is 3.98. The number of aromatic nitrogens is 2. The summed E-state index contributed by atoms with van der Waals surface area (Å²) in [7, 11) is 0. The van der Waals surface area contributed by atoms with Crippen LogP contribution in [0, 0.1) is 0 Å². The van der Waals surface area contributed by atoms with Crippen LogP contribution < -0.4 is 32.8 Å². The summed E-state index contributed by atoms with van der Waals surface area (Å²) < 4.78 is 5.37. The van der Waals surface area contributed by atoms with Crippen LogP contribution in [-0.4, -0.2) is 22.6 Å². The van der Waals surface area contributed by atoms with Crippen molar-refractivity contribution in [2.75, 3.05) is 0 Å². The minimum Gasteiger partial charge on any atom is -0.310 e. The lowest BCUT2D eigenvalue weighted by Gasteiger charge is -2.36. The molecular formula is C74H74B2N2. The van der Waals surface area contributed by atoms with Crippen LogP contribution >= 0.6 is 0 Å². The van der Waals surface area contributed by atoms with E-state index in [4.69, 9.17) is 0 Å². The van der Waals surface area contributed by atoms with E-state index in [2.05, 4.69) is 276 Å². The third kappa shape index (κ3) is 7.67. The van der Waals surface area contributed by atoms with Crippen molar-refractivity contribution in [1.29, 1.82) is 0 Å². The Morgan fingerprint density at radius 2 is 0.654 bits per heavy atom. The quantitative estimate of drug-likeness (QED) is 0.134. The summed E-state index contributed by atoms with van der Waals surface area (Å²) in [6.45, 7) is 33.0. The summed E-state index contributed by atoms with van der Waals surface area (Å²) in [4.78, 5) is 0. The summed E-state index contributed by atoms with van der Waals surface area (Å²) in [6.07, 6.45) is 0. The van der Waals surface area contributed by atoms with Crippen LogP contribution in [0.15, 0.2) is 170 Å². The van der Waals surface area contributed by atoms with Gasteiger partial charge in [0, 0.05) is 44.0 Å². The van der Waals surface area contributed by atoms with Gasteiger partial charge in [-0.15, -0.1) is 0 Å². The number of nitrogens with zero attached hydrogens (tertiary/aromatic N) is 2. The maximum absolute atomic E-state index is 2.69. The molecule has 0 radical (unpaired) electrons. The molecule has 2 nitrogen and oxygen atoms in total. The van der Waals surface area contributed by atoms with E-state index in [1.807, 2.05) is 0 Å². The fraction of sp³-hybridized carbons (Fsp3) is 0.270. The lowest BCUT2D eigenvalue weighted by molar-refractivity contribution is 0.590. The highest BCUT2D eigenvalue weighted by Gasteiger charge is 2.43. The Hall–Kier alpha value is -7.29. The fourth-order valence-electron chi connectivity index (χ4n) is 14.2. The highest BCUT2D eigenvalue weighted by Crippen LogP contribution is 2.41. The number of hydrogen-bond acceptors (Lipinski definition) is 0. The molecule has 0 saturated heterocycles. The lowest BCUT2D eigenvalue weighted by atomic mass is 9.31. The summed E-state index contributed by atoms with van der Waals surface area (Å²) in [5.41, 5.74) is 29.7. The van der Waals surface area contributed by atoms with E-state index in [1.54, 1.807) is 0 Å². The molecule has 9 aromatic carbocycles. The third-order valence-electron chi connectivity index (χ3n) is 18.1. The third-order valence-corrected chi connectivity index (χ3v) is 18.1. The molecule has 0 aliphatic carbocycles. The molecular weight excluding hydrogens is 938 g/mol. The Labute approximate surface area is 464 Å². The second-order valence-corrected chi connectivity index (χ2v) is 26.4. The van der Waals surface area contributed by atoms with Gasteiger partial charge in [0.2, 0.25) is 13.4 Å². The van der Waals surface area contributed by atoms with Crippen LogP contribution in [0.2, 0.25) is 0 Å². The molecule has 78 heavy (non-hydrogen) atoms. The predicted octanol–water partition coefficient (Wildman–Crippen LogP) is 16.0. The predicted molar refractivity (Wildman–Crippen MR) is 342 cm³/mol. The molecule has 2 aromatic heterocycles. The zero-order valence-corrected chi connectivity index (χ0v) is 48.5. The van der Waals surface area contributed by atoms with E-state index in [9.17, 15) is 0 Å². The lowest BCUT2D eigenvalue weighted by Crippen LogP contribution is -2.61. The van der Waals surface area contributed by atoms with Crippen LogP contribution in [0.3, 0.4) is 0 Å². The highest BCUT2D eigenvalue weighted by atomic mass is 15.0. The molecule has 4 heterocycles. The van der Waals surface area contributed by atoms with Gasteiger partial charge in [-0.05, 0) is 148 Å². The molecule has 0 unspecified atom stereocenters. The molecule has 0 fully saturated rings. The Morgan fingerprint density at radius 1 is 0.321 bits per heavy atom. The van der Waals surface area contributed by atoms with Gasteiger partial charge < -0.3 is 9.13 Å². The molecule has 0 atom stereocenters. The largest absolute Gasteiger partial charge is 0.310 e. The molecule has 0 amide bonds. The Balaban J connectivity index is 1.21. The normalized spacial score (nSPS) is 13.4. The van der Waals surface area contributed by atoms with Crippen LogP contribution in [0.4, 0.5) is 0 Å². The van der Waals surface area contributed by atoms with E-state index in [0.717, 1.165) is 0 Å². The first-order chi connectivity index (χ1) is 37.3. The fourth-order valence-corrected chi connectivity index (χ4v) is 14.2. The van der Waals surface area contributed by atoms with Crippen molar-refractivity contribution in [2.24, 2.45) is 0 Å². The standard InChI is InChI=1S/C74H74B2N2/c1-43(2)53-23-19-24-54(44(3)4)69(53)75-61-41-68-62(42-67(61)77-65-27-17-15-21-57(65)59-37-49(39-63(75)71(59)77)47-29-33-51(34-30-47)73(9,10)11)76(70-55(45(5)6)25-20-26-56(70)46(7)8)64-40-50(48-31-35-52(36-32-48)74(12,13)14)38-60-58-22-16-18-28-66(58)78(68)72(60)64/h15-46H,1-14H3. The van der Waals surface area contributed by atoms with Gasteiger partial charge in [-0.3, -0.25) is 0 Å². The topological polar surface area (TPSA) is 9.86 Å². The smallest absolute Gasteiger partial charge is 0.247 e. The Bertz CT molecular complexity index is 3890. The van der Waals surface area contributed by atoms with Crippen LogP contribution in [0.5, 0.6) is 0 Å². The minimum absolute atomic E-state index is 0.0424. The van der Waals surface area contributed by atoms with Gasteiger partial charge in [0.05, 0.1) is 11.0 Å². The molecule has 0 N–H and O–H groups in total. The van der Waals surface area contributed by atoms with Gasteiger partial charge in [0.1, 0.15) is 0 Å². The number of rotatable bonds is 8. The minimum atomic E-state index is -0.0424. The molecule has 386 valence electrons. The second kappa shape index (κ2) is 18.1. The number of para-hydroxylation sites is 2. The monoisotopic (exact) mass is 1010 g/mol. The summed E-state index contributed by atoms with van der Waals surface area (Å²) in [5, 5.41) is 5.21. The van der Waals surface area contributed by atoms with Crippen molar-refractivity contribution < 1.29 is 0 Å². The molecule has 13 rings (SSSR count). The van der Waals surface area contributed by atoms with E-state index in [1.165, 1.54) is 143 Å². The van der Waals surface area contributed by atoms with Crippen molar-refractivity contribution in [3.63, 3.8) is 0 Å². The van der Waals surface area contributed by atoms with Gasteiger partial charge in [-0.2, -0.15) is 0 Å². The molecule has 0 saturated carbocycles. The van der Waals surface area contributed by atoms with Crippen molar-refractivity contribution in [2.45, 2.75) is 131 Å². The highest BCUT2D eigenvalue weighted by molar-refractivity contribution is 7.00. The SMILES string of the molecule is CC(C)c1cccc(C(C)C)c1B1c2cc3c(cc2-n2c4ccccc4c4cc(-c5ccc(C(C)(C)C)cc5)cc1c42)B(c1c(C(C)C)cccc1C(C)C)c1cc(-c2ccc(C(C)(C)C)cc2)cc2c4ccccc4n-3c12. The summed E-state index contributed by atoms with van der Waals surface area (Å²) >= 11 is 0. The van der Waals surface area contributed by atoms with Crippen LogP contribution in [-0.2, 0) is 10.8 Å². The number of hydrogen-bond donors (Lipinski definition) is 0. The molecule has 2 aliphatic heterocycles. The van der Waals surface area contributed by atoms with Crippen LogP contribution in [0.1, 0.15) is 154 Å². The number of benzene rings is 9. The Morgan fingerprint density at radius 3 is 0.974 bits per heavy atom. The average molecular weight is 1010 g/mol.